The van der Waals surface area contributed by atoms with Crippen LogP contribution in [-0.2, 0) is 6.54 Å². The predicted octanol–water partition coefficient (Wildman–Crippen LogP) is 2.26. The molecule has 0 bridgehead atoms. The van der Waals surface area contributed by atoms with E-state index in [9.17, 15) is 0 Å². The summed E-state index contributed by atoms with van der Waals surface area (Å²) < 4.78 is 0. The third kappa shape index (κ3) is 3.76. The Kier molecular flexibility index (Phi) is 4.40. The lowest BCUT2D eigenvalue weighted by Crippen LogP contribution is -2.29. The Morgan fingerprint density at radius 1 is 1.38 bits per heavy atom. The summed E-state index contributed by atoms with van der Waals surface area (Å²) in [4.78, 5) is 13.2. The highest BCUT2D eigenvalue weighted by Gasteiger charge is 2.17. The Hall–Kier alpha value is -2.01. The molecule has 110 valence electrons. The van der Waals surface area contributed by atoms with Crippen LogP contribution >= 0.6 is 0 Å². The lowest BCUT2D eigenvalue weighted by Gasteiger charge is -2.22. The number of piperidine rings is 1. The molecule has 0 radical (unpaired) electrons. The molecule has 5 nitrogen and oxygen atoms in total. The SMILES string of the molecule is Cc1nc(NCc2cccnc2)cc([C@H]2CCCNC2)n1. The van der Waals surface area contributed by atoms with Crippen LogP contribution in [0.2, 0.25) is 0 Å². The normalized spacial score (nSPS) is 18.4. The minimum absolute atomic E-state index is 0.499. The first kappa shape index (κ1) is 13.9. The molecule has 1 aliphatic heterocycles. The van der Waals surface area contributed by atoms with E-state index in [-0.39, 0.29) is 0 Å². The average Bonchev–Trinajstić information content (AvgIpc) is 2.54. The number of rotatable bonds is 4. The van der Waals surface area contributed by atoms with Crippen molar-refractivity contribution >= 4 is 5.82 Å². The van der Waals surface area contributed by atoms with Gasteiger partial charge in [-0.15, -0.1) is 0 Å². The molecule has 3 heterocycles. The molecule has 0 saturated carbocycles. The van der Waals surface area contributed by atoms with E-state index in [1.165, 1.54) is 12.8 Å². The summed E-state index contributed by atoms with van der Waals surface area (Å²) in [6, 6.07) is 6.09. The van der Waals surface area contributed by atoms with E-state index in [1.807, 2.05) is 19.2 Å². The van der Waals surface area contributed by atoms with E-state index < -0.39 is 0 Å². The van der Waals surface area contributed by atoms with Crippen LogP contribution in [-0.4, -0.2) is 28.0 Å². The number of aryl methyl sites for hydroxylation is 1. The largest absolute Gasteiger partial charge is 0.366 e. The van der Waals surface area contributed by atoms with Gasteiger partial charge in [-0.2, -0.15) is 0 Å². The van der Waals surface area contributed by atoms with Gasteiger partial charge in [0.2, 0.25) is 0 Å². The molecule has 3 rings (SSSR count). The van der Waals surface area contributed by atoms with Crippen molar-refractivity contribution in [3.05, 3.63) is 47.7 Å². The highest BCUT2D eigenvalue weighted by atomic mass is 15.0. The molecule has 2 aromatic heterocycles. The summed E-state index contributed by atoms with van der Waals surface area (Å²) in [7, 11) is 0. The van der Waals surface area contributed by atoms with Crippen molar-refractivity contribution in [3.63, 3.8) is 0 Å². The fraction of sp³-hybridized carbons (Fsp3) is 0.438. The third-order valence-corrected chi connectivity index (χ3v) is 3.77. The summed E-state index contributed by atoms with van der Waals surface area (Å²) in [6.45, 7) is 4.81. The van der Waals surface area contributed by atoms with E-state index in [0.717, 1.165) is 42.5 Å². The smallest absolute Gasteiger partial charge is 0.130 e. The zero-order valence-corrected chi connectivity index (χ0v) is 12.3. The average molecular weight is 283 g/mol. The van der Waals surface area contributed by atoms with Crippen LogP contribution < -0.4 is 10.6 Å². The molecule has 0 aromatic carbocycles. The van der Waals surface area contributed by atoms with Crippen molar-refractivity contribution in [3.8, 4) is 0 Å². The van der Waals surface area contributed by atoms with Gasteiger partial charge >= 0.3 is 0 Å². The van der Waals surface area contributed by atoms with Gasteiger partial charge in [0.1, 0.15) is 11.6 Å². The van der Waals surface area contributed by atoms with E-state index in [4.69, 9.17) is 0 Å². The quantitative estimate of drug-likeness (QED) is 0.901. The molecule has 2 N–H and O–H groups in total. The summed E-state index contributed by atoms with van der Waals surface area (Å²) in [5, 5.41) is 6.81. The van der Waals surface area contributed by atoms with Crippen molar-refractivity contribution in [1.82, 2.24) is 20.3 Å². The Morgan fingerprint density at radius 2 is 2.33 bits per heavy atom. The van der Waals surface area contributed by atoms with Gasteiger partial charge in [0.15, 0.2) is 0 Å². The van der Waals surface area contributed by atoms with Gasteiger partial charge in [0.25, 0.3) is 0 Å². The number of nitrogens with one attached hydrogen (secondary N) is 2. The molecule has 0 unspecified atom stereocenters. The van der Waals surface area contributed by atoms with Gasteiger partial charge in [-0.3, -0.25) is 4.98 Å². The van der Waals surface area contributed by atoms with Crippen LogP contribution in [0.15, 0.2) is 30.6 Å². The van der Waals surface area contributed by atoms with E-state index in [0.29, 0.717) is 5.92 Å². The standard InChI is InChI=1S/C16H21N5/c1-12-20-15(14-5-3-7-18-11-14)8-16(21-12)19-10-13-4-2-6-17-9-13/h2,4,6,8-9,14,18H,3,5,7,10-11H2,1H3,(H,19,20,21)/t14-/m0/s1. The summed E-state index contributed by atoms with van der Waals surface area (Å²) >= 11 is 0. The van der Waals surface area contributed by atoms with Crippen LogP contribution in [0, 0.1) is 6.92 Å². The second-order valence-corrected chi connectivity index (χ2v) is 5.48. The number of anilines is 1. The van der Waals surface area contributed by atoms with Gasteiger partial charge in [0.05, 0.1) is 5.69 Å². The first-order valence-corrected chi connectivity index (χ1v) is 7.50. The zero-order valence-electron chi connectivity index (χ0n) is 12.3. The van der Waals surface area contributed by atoms with E-state index in [1.54, 1.807) is 6.20 Å². The highest BCUT2D eigenvalue weighted by molar-refractivity contribution is 5.38. The molecule has 1 saturated heterocycles. The van der Waals surface area contributed by atoms with Gasteiger partial charge in [-0.1, -0.05) is 6.07 Å². The van der Waals surface area contributed by atoms with Gasteiger partial charge < -0.3 is 10.6 Å². The first-order valence-electron chi connectivity index (χ1n) is 7.50. The fourth-order valence-electron chi connectivity index (χ4n) is 2.69. The topological polar surface area (TPSA) is 62.7 Å². The van der Waals surface area contributed by atoms with E-state index in [2.05, 4.69) is 37.7 Å². The first-order chi connectivity index (χ1) is 10.3. The van der Waals surface area contributed by atoms with Gasteiger partial charge in [-0.05, 0) is 37.9 Å². The third-order valence-electron chi connectivity index (χ3n) is 3.77. The Labute approximate surface area is 125 Å². The lowest BCUT2D eigenvalue weighted by atomic mass is 9.96. The maximum absolute atomic E-state index is 4.61. The number of nitrogens with zero attached hydrogens (tertiary/aromatic N) is 3. The van der Waals surface area contributed by atoms with Crippen molar-refractivity contribution in [1.29, 1.82) is 0 Å². The number of pyridine rings is 1. The second kappa shape index (κ2) is 6.63. The van der Waals surface area contributed by atoms with Crippen molar-refractivity contribution in [2.24, 2.45) is 0 Å². The molecule has 1 fully saturated rings. The fourth-order valence-corrected chi connectivity index (χ4v) is 2.69. The van der Waals surface area contributed by atoms with Crippen LogP contribution in [0.5, 0.6) is 0 Å². The molecular weight excluding hydrogens is 262 g/mol. The lowest BCUT2D eigenvalue weighted by molar-refractivity contribution is 0.453. The molecule has 0 spiro atoms. The monoisotopic (exact) mass is 283 g/mol. The second-order valence-electron chi connectivity index (χ2n) is 5.48. The highest BCUT2D eigenvalue weighted by Crippen LogP contribution is 2.23. The number of hydrogen-bond donors (Lipinski definition) is 2. The maximum Gasteiger partial charge on any atom is 0.130 e. The number of aromatic nitrogens is 3. The predicted molar refractivity (Wildman–Crippen MR) is 83.2 cm³/mol. The van der Waals surface area contributed by atoms with Crippen LogP contribution in [0.4, 0.5) is 5.82 Å². The Morgan fingerprint density at radius 3 is 3.10 bits per heavy atom. The molecule has 1 aliphatic rings. The van der Waals surface area contributed by atoms with Crippen LogP contribution in [0.25, 0.3) is 0 Å². The number of hydrogen-bond acceptors (Lipinski definition) is 5. The zero-order chi connectivity index (χ0) is 14.5. The molecule has 5 heteroatoms. The maximum atomic E-state index is 4.61. The molecule has 0 amide bonds. The molecular formula is C16H21N5. The molecule has 2 aromatic rings. The molecule has 0 aliphatic carbocycles. The summed E-state index contributed by atoms with van der Waals surface area (Å²) in [5.41, 5.74) is 2.29. The van der Waals surface area contributed by atoms with E-state index >= 15 is 0 Å². The minimum atomic E-state index is 0.499. The van der Waals surface area contributed by atoms with Crippen LogP contribution in [0.1, 0.15) is 35.8 Å². The van der Waals surface area contributed by atoms with Crippen molar-refractivity contribution in [2.75, 3.05) is 18.4 Å². The molecule has 21 heavy (non-hydrogen) atoms. The Balaban J connectivity index is 1.71. The molecule has 1 atom stereocenters. The minimum Gasteiger partial charge on any atom is -0.366 e. The Bertz CT molecular complexity index is 578. The van der Waals surface area contributed by atoms with Crippen molar-refractivity contribution < 1.29 is 0 Å². The van der Waals surface area contributed by atoms with Gasteiger partial charge in [-0.25, -0.2) is 9.97 Å². The van der Waals surface area contributed by atoms with Gasteiger partial charge in [0, 0.05) is 37.5 Å². The summed E-state index contributed by atoms with van der Waals surface area (Å²) in [5.74, 6) is 2.22. The van der Waals surface area contributed by atoms with Crippen molar-refractivity contribution in [2.45, 2.75) is 32.2 Å². The summed E-state index contributed by atoms with van der Waals surface area (Å²) in [6.07, 6.45) is 6.07. The van der Waals surface area contributed by atoms with Crippen LogP contribution in [0.3, 0.4) is 0 Å².